The number of carboxylic acid groups (broad SMARTS) is 1. The molecule has 1 saturated heterocycles. The number of nitrogens with one attached hydrogen (secondary N) is 1. The lowest BCUT2D eigenvalue weighted by molar-refractivity contribution is -0.192. The number of alkyl halides is 3. The number of hydrogen-bond donors (Lipinski definition) is 2. The zero-order valence-corrected chi connectivity index (χ0v) is 15.4. The van der Waals surface area contributed by atoms with Gasteiger partial charge in [-0.15, -0.1) is 0 Å². The Balaban J connectivity index is 0.000000321. The van der Waals surface area contributed by atoms with Gasteiger partial charge in [-0.25, -0.2) is 9.59 Å². The number of likely N-dealkylation sites (tertiary alicyclic amines) is 1. The van der Waals surface area contributed by atoms with Crippen LogP contribution in [0.2, 0.25) is 0 Å². The van der Waals surface area contributed by atoms with Gasteiger partial charge in [0, 0.05) is 25.8 Å². The number of hydrogen-bond acceptors (Lipinski definition) is 4. The van der Waals surface area contributed by atoms with Gasteiger partial charge in [0.15, 0.2) is 0 Å². The smallest absolute Gasteiger partial charge is 0.475 e. The second-order valence-corrected chi connectivity index (χ2v) is 6.63. The summed E-state index contributed by atoms with van der Waals surface area (Å²) in [7, 11) is 5.81. The van der Waals surface area contributed by atoms with Crippen LogP contribution >= 0.6 is 0 Å². The Bertz CT molecular complexity index is 865. The molecule has 27 heavy (non-hydrogen) atoms. The summed E-state index contributed by atoms with van der Waals surface area (Å²) in [5, 5.41) is 10.7. The van der Waals surface area contributed by atoms with E-state index in [0.29, 0.717) is 6.04 Å². The summed E-state index contributed by atoms with van der Waals surface area (Å²) >= 11 is 0. The summed E-state index contributed by atoms with van der Waals surface area (Å²) in [5.41, 5.74) is 3.09. The van der Waals surface area contributed by atoms with Crippen LogP contribution in [-0.2, 0) is 18.9 Å². The van der Waals surface area contributed by atoms with Gasteiger partial charge < -0.3 is 15.3 Å². The summed E-state index contributed by atoms with van der Waals surface area (Å²) < 4.78 is 35.1. The van der Waals surface area contributed by atoms with Crippen LogP contribution in [0.25, 0.3) is 11.0 Å². The van der Waals surface area contributed by atoms with Crippen LogP contribution in [0.1, 0.15) is 12.8 Å². The average Bonchev–Trinajstić information content (AvgIpc) is 2.81. The van der Waals surface area contributed by atoms with Crippen molar-refractivity contribution >= 4 is 22.7 Å². The molecule has 2 aromatic rings. The maximum absolute atomic E-state index is 11.9. The molecule has 0 aliphatic carbocycles. The summed E-state index contributed by atoms with van der Waals surface area (Å²) in [6, 6.07) is 6.70. The highest BCUT2D eigenvalue weighted by Crippen LogP contribution is 2.20. The van der Waals surface area contributed by atoms with Crippen molar-refractivity contribution in [3.63, 3.8) is 0 Å². The number of imidazole rings is 1. The molecule has 1 aliphatic heterocycles. The highest BCUT2D eigenvalue weighted by Gasteiger charge is 2.38. The Kier molecular flexibility index (Phi) is 6.19. The third-order valence-corrected chi connectivity index (χ3v) is 4.60. The number of carboxylic acids is 1. The van der Waals surface area contributed by atoms with Crippen LogP contribution in [0, 0.1) is 0 Å². The van der Waals surface area contributed by atoms with Crippen LogP contribution < -0.4 is 11.0 Å². The van der Waals surface area contributed by atoms with E-state index >= 15 is 0 Å². The molecule has 1 aliphatic rings. The van der Waals surface area contributed by atoms with E-state index in [2.05, 4.69) is 29.4 Å². The first-order valence-corrected chi connectivity index (χ1v) is 8.41. The first-order valence-electron chi connectivity index (χ1n) is 8.41. The molecule has 2 heterocycles. The van der Waals surface area contributed by atoms with Crippen molar-refractivity contribution in [2.45, 2.75) is 25.1 Å². The Morgan fingerprint density at radius 3 is 2.15 bits per heavy atom. The van der Waals surface area contributed by atoms with Crippen molar-refractivity contribution in [2.75, 3.05) is 25.5 Å². The minimum absolute atomic E-state index is 0.0245. The van der Waals surface area contributed by atoms with Gasteiger partial charge in [-0.3, -0.25) is 9.13 Å². The number of anilines is 1. The zero-order valence-electron chi connectivity index (χ0n) is 15.4. The molecule has 3 rings (SSSR count). The second kappa shape index (κ2) is 8.03. The number of rotatable bonds is 2. The number of nitrogens with zero attached hydrogens (tertiary/aromatic N) is 3. The van der Waals surface area contributed by atoms with Gasteiger partial charge in [-0.05, 0) is 51.2 Å². The van der Waals surface area contributed by atoms with Crippen LogP contribution in [0.3, 0.4) is 0 Å². The summed E-state index contributed by atoms with van der Waals surface area (Å²) in [6.07, 6.45) is -2.75. The minimum atomic E-state index is -5.08. The number of benzene rings is 1. The Morgan fingerprint density at radius 1 is 1.11 bits per heavy atom. The molecule has 1 aromatic heterocycles. The first kappa shape index (κ1) is 20.8. The SMILES string of the molecule is CN1CCC(Nc2ccc3c(c2)n(C)c(=O)n3C)CC1.O=C(O)C(F)(F)F. The quantitative estimate of drug-likeness (QED) is 0.823. The monoisotopic (exact) mass is 388 g/mol. The minimum Gasteiger partial charge on any atom is -0.475 e. The standard InChI is InChI=1S/C15H22N4O.C2HF3O2/c1-17-8-6-11(7-9-17)16-12-4-5-13-14(10-12)19(3)15(20)18(13)2;3-2(4,5)1(6)7/h4-5,10-11,16H,6-9H2,1-3H3;(H,6,7). The molecule has 10 heteroatoms. The van der Waals surface area contributed by atoms with Crippen LogP contribution in [0.4, 0.5) is 18.9 Å². The van der Waals surface area contributed by atoms with E-state index in [1.165, 1.54) is 12.8 Å². The molecule has 0 unspecified atom stereocenters. The van der Waals surface area contributed by atoms with E-state index < -0.39 is 12.1 Å². The number of aromatic nitrogens is 2. The fourth-order valence-corrected chi connectivity index (χ4v) is 2.99. The molecule has 0 spiro atoms. The summed E-state index contributed by atoms with van der Waals surface area (Å²) in [5.74, 6) is -2.76. The molecule has 7 nitrogen and oxygen atoms in total. The number of piperidine rings is 1. The molecular formula is C17H23F3N4O3. The molecule has 150 valence electrons. The molecule has 0 radical (unpaired) electrons. The predicted octanol–water partition coefficient (Wildman–Crippen LogP) is 2.02. The van der Waals surface area contributed by atoms with Crippen molar-refractivity contribution in [3.8, 4) is 0 Å². The van der Waals surface area contributed by atoms with E-state index in [0.717, 1.165) is 29.8 Å². The van der Waals surface area contributed by atoms with Gasteiger partial charge in [-0.2, -0.15) is 13.2 Å². The lowest BCUT2D eigenvalue weighted by Gasteiger charge is -2.30. The second-order valence-electron chi connectivity index (χ2n) is 6.63. The van der Waals surface area contributed by atoms with Gasteiger partial charge >= 0.3 is 17.8 Å². The molecule has 1 fully saturated rings. The molecular weight excluding hydrogens is 365 g/mol. The van der Waals surface area contributed by atoms with E-state index in [-0.39, 0.29) is 5.69 Å². The maximum atomic E-state index is 11.9. The van der Waals surface area contributed by atoms with Crippen molar-refractivity contribution in [3.05, 3.63) is 28.7 Å². The Hall–Kier alpha value is -2.49. The van der Waals surface area contributed by atoms with E-state index in [1.807, 2.05) is 20.2 Å². The molecule has 0 atom stereocenters. The third kappa shape index (κ3) is 5.03. The molecule has 0 saturated carbocycles. The van der Waals surface area contributed by atoms with E-state index in [4.69, 9.17) is 9.90 Å². The largest absolute Gasteiger partial charge is 0.490 e. The van der Waals surface area contributed by atoms with Crippen molar-refractivity contribution in [1.29, 1.82) is 0 Å². The number of aliphatic carboxylic acids is 1. The van der Waals surface area contributed by atoms with E-state index in [9.17, 15) is 18.0 Å². The lowest BCUT2D eigenvalue weighted by Crippen LogP contribution is -2.36. The molecule has 0 bridgehead atoms. The van der Waals surface area contributed by atoms with Gasteiger partial charge in [0.2, 0.25) is 0 Å². The maximum Gasteiger partial charge on any atom is 0.490 e. The zero-order chi connectivity index (χ0) is 20.4. The topological polar surface area (TPSA) is 79.5 Å². The van der Waals surface area contributed by atoms with Gasteiger partial charge in [0.1, 0.15) is 0 Å². The average molecular weight is 388 g/mol. The number of halogens is 3. The van der Waals surface area contributed by atoms with Crippen LogP contribution in [0.15, 0.2) is 23.0 Å². The third-order valence-electron chi connectivity index (χ3n) is 4.60. The number of aryl methyl sites for hydroxylation is 2. The fourth-order valence-electron chi connectivity index (χ4n) is 2.99. The normalized spacial score (nSPS) is 16.1. The highest BCUT2D eigenvalue weighted by atomic mass is 19.4. The highest BCUT2D eigenvalue weighted by molar-refractivity contribution is 5.80. The van der Waals surface area contributed by atoms with Gasteiger partial charge in [-0.1, -0.05) is 0 Å². The Labute approximate surface area is 154 Å². The fraction of sp³-hybridized carbons (Fsp3) is 0.529. The van der Waals surface area contributed by atoms with Gasteiger partial charge in [0.05, 0.1) is 11.0 Å². The summed E-state index contributed by atoms with van der Waals surface area (Å²) in [4.78, 5) is 23.2. The van der Waals surface area contributed by atoms with Crippen molar-refractivity contribution < 1.29 is 23.1 Å². The number of carbonyl (C=O) groups is 1. The van der Waals surface area contributed by atoms with Crippen molar-refractivity contribution in [2.24, 2.45) is 14.1 Å². The first-order chi connectivity index (χ1) is 12.5. The summed E-state index contributed by atoms with van der Waals surface area (Å²) in [6.45, 7) is 2.29. The number of fused-ring (bicyclic) bond motifs is 1. The van der Waals surface area contributed by atoms with Gasteiger partial charge in [0.25, 0.3) is 0 Å². The molecule has 0 amide bonds. The molecule has 1 aromatic carbocycles. The van der Waals surface area contributed by atoms with Crippen LogP contribution in [-0.4, -0.2) is 57.5 Å². The molecule has 2 N–H and O–H groups in total. The predicted molar refractivity (Wildman–Crippen MR) is 96.0 cm³/mol. The lowest BCUT2D eigenvalue weighted by atomic mass is 10.1. The van der Waals surface area contributed by atoms with Crippen molar-refractivity contribution in [1.82, 2.24) is 14.0 Å². The van der Waals surface area contributed by atoms with Crippen LogP contribution in [0.5, 0.6) is 0 Å². The Morgan fingerprint density at radius 2 is 1.63 bits per heavy atom. The van der Waals surface area contributed by atoms with E-state index in [1.54, 1.807) is 9.13 Å².